The highest BCUT2D eigenvalue weighted by molar-refractivity contribution is 7.08. The molecule has 5 heteroatoms. The lowest BCUT2D eigenvalue weighted by molar-refractivity contribution is 0.0934. The largest absolute Gasteiger partial charge is 0.349 e. The van der Waals surface area contributed by atoms with Gasteiger partial charge in [-0.2, -0.15) is 11.3 Å². The monoisotopic (exact) mass is 330 g/mol. The smallest absolute Gasteiger partial charge is 0.252 e. The van der Waals surface area contributed by atoms with E-state index in [1.165, 1.54) is 16.9 Å². The SMILES string of the molecule is CC(C)Cn1c2c(ccc1=O)C[C@@H](NC(=O)c1ccsc1)CC2. The Bertz CT molecular complexity index is 747. The number of hydrogen-bond donors (Lipinski definition) is 1. The molecule has 1 amide bonds. The quantitative estimate of drug-likeness (QED) is 0.937. The second kappa shape index (κ2) is 6.71. The van der Waals surface area contributed by atoms with Crippen LogP contribution < -0.4 is 10.9 Å². The summed E-state index contributed by atoms with van der Waals surface area (Å²) >= 11 is 1.53. The standard InChI is InChI=1S/C18H22N2O2S/c1-12(2)10-20-16-5-4-15(9-13(16)3-6-17(20)21)19-18(22)14-7-8-23-11-14/h3,6-8,11-12,15H,4-5,9-10H2,1-2H3,(H,19,22)/t15-/m0/s1. The molecule has 0 fully saturated rings. The first-order chi connectivity index (χ1) is 11.0. The van der Waals surface area contributed by atoms with Gasteiger partial charge in [0.05, 0.1) is 0 Å². The van der Waals surface area contributed by atoms with Crippen LogP contribution in [0.1, 0.15) is 41.9 Å². The van der Waals surface area contributed by atoms with Crippen molar-refractivity contribution in [2.45, 2.75) is 45.7 Å². The molecule has 1 N–H and O–H groups in total. The van der Waals surface area contributed by atoms with Crippen molar-refractivity contribution in [3.8, 4) is 0 Å². The van der Waals surface area contributed by atoms with E-state index < -0.39 is 0 Å². The van der Waals surface area contributed by atoms with Crippen LogP contribution in [0.3, 0.4) is 0 Å². The Morgan fingerprint density at radius 1 is 1.39 bits per heavy atom. The van der Waals surface area contributed by atoms with E-state index in [1.807, 2.05) is 27.5 Å². The Morgan fingerprint density at radius 2 is 2.22 bits per heavy atom. The van der Waals surface area contributed by atoms with Crippen LogP contribution in [0.25, 0.3) is 0 Å². The van der Waals surface area contributed by atoms with Gasteiger partial charge in [-0.1, -0.05) is 19.9 Å². The van der Waals surface area contributed by atoms with Gasteiger partial charge in [-0.3, -0.25) is 9.59 Å². The van der Waals surface area contributed by atoms with E-state index in [9.17, 15) is 9.59 Å². The van der Waals surface area contributed by atoms with Crippen LogP contribution in [0.5, 0.6) is 0 Å². The minimum atomic E-state index is -0.00444. The summed E-state index contributed by atoms with van der Waals surface area (Å²) in [4.78, 5) is 24.3. The Hall–Kier alpha value is -1.88. The van der Waals surface area contributed by atoms with E-state index in [-0.39, 0.29) is 17.5 Å². The van der Waals surface area contributed by atoms with E-state index >= 15 is 0 Å². The van der Waals surface area contributed by atoms with Crippen LogP contribution in [0, 0.1) is 5.92 Å². The Kier molecular flexibility index (Phi) is 4.66. The van der Waals surface area contributed by atoms with Gasteiger partial charge in [0.25, 0.3) is 11.5 Å². The molecule has 1 aliphatic carbocycles. The van der Waals surface area contributed by atoms with E-state index in [0.717, 1.165) is 37.1 Å². The number of nitrogens with zero attached hydrogens (tertiary/aromatic N) is 1. The van der Waals surface area contributed by atoms with Crippen molar-refractivity contribution in [3.63, 3.8) is 0 Å². The summed E-state index contributed by atoms with van der Waals surface area (Å²) in [6.45, 7) is 5.00. The molecule has 2 heterocycles. The number of pyridine rings is 1. The van der Waals surface area contributed by atoms with Crippen LogP contribution in [0.4, 0.5) is 0 Å². The number of hydrogen-bond acceptors (Lipinski definition) is 3. The molecule has 1 aliphatic rings. The lowest BCUT2D eigenvalue weighted by Gasteiger charge is -2.28. The minimum Gasteiger partial charge on any atom is -0.349 e. The molecule has 4 nitrogen and oxygen atoms in total. The first-order valence-electron chi connectivity index (χ1n) is 8.09. The van der Waals surface area contributed by atoms with E-state index in [2.05, 4.69) is 19.2 Å². The van der Waals surface area contributed by atoms with Crippen LogP contribution in [-0.2, 0) is 19.4 Å². The fourth-order valence-corrected chi connectivity index (χ4v) is 3.81. The molecule has 0 radical (unpaired) electrons. The number of carbonyl (C=O) groups excluding carboxylic acids is 1. The average molecular weight is 330 g/mol. The van der Waals surface area contributed by atoms with Gasteiger partial charge in [0.15, 0.2) is 0 Å². The summed E-state index contributed by atoms with van der Waals surface area (Å²) in [5, 5.41) is 6.90. The predicted octanol–water partition coefficient (Wildman–Crippen LogP) is 2.85. The minimum absolute atomic E-state index is 0.00444. The highest BCUT2D eigenvalue weighted by atomic mass is 32.1. The summed E-state index contributed by atoms with van der Waals surface area (Å²) < 4.78 is 1.91. The first kappa shape index (κ1) is 16.0. The van der Waals surface area contributed by atoms with Gasteiger partial charge in [0.2, 0.25) is 0 Å². The van der Waals surface area contributed by atoms with Gasteiger partial charge in [0, 0.05) is 35.3 Å². The van der Waals surface area contributed by atoms with Crippen molar-refractivity contribution in [1.29, 1.82) is 0 Å². The van der Waals surface area contributed by atoms with Crippen LogP contribution in [0.15, 0.2) is 33.8 Å². The summed E-state index contributed by atoms with van der Waals surface area (Å²) in [5.41, 5.74) is 3.14. The molecule has 2 aromatic heterocycles. The fraction of sp³-hybridized carbons (Fsp3) is 0.444. The van der Waals surface area contributed by atoms with Crippen molar-refractivity contribution >= 4 is 17.2 Å². The summed E-state index contributed by atoms with van der Waals surface area (Å²) in [6, 6.07) is 5.57. The molecular weight excluding hydrogens is 308 g/mol. The molecule has 122 valence electrons. The lowest BCUT2D eigenvalue weighted by atomic mass is 9.91. The predicted molar refractivity (Wildman–Crippen MR) is 93.1 cm³/mol. The van der Waals surface area contributed by atoms with E-state index in [0.29, 0.717) is 5.92 Å². The molecule has 0 spiro atoms. The van der Waals surface area contributed by atoms with Gasteiger partial charge in [-0.25, -0.2) is 0 Å². The molecule has 0 aromatic carbocycles. The van der Waals surface area contributed by atoms with Crippen LogP contribution in [0.2, 0.25) is 0 Å². The first-order valence-corrected chi connectivity index (χ1v) is 9.03. The summed E-state index contributed by atoms with van der Waals surface area (Å²) in [6.07, 6.45) is 2.51. The normalized spacial score (nSPS) is 17.1. The molecule has 0 bridgehead atoms. The zero-order chi connectivity index (χ0) is 16.4. The summed E-state index contributed by atoms with van der Waals surface area (Å²) in [5.74, 6) is 0.436. The lowest BCUT2D eigenvalue weighted by Crippen LogP contribution is -2.40. The van der Waals surface area contributed by atoms with Gasteiger partial charge < -0.3 is 9.88 Å². The zero-order valence-corrected chi connectivity index (χ0v) is 14.4. The second-order valence-corrected chi connectivity index (χ2v) is 7.35. The highest BCUT2D eigenvalue weighted by Gasteiger charge is 2.23. The third-order valence-corrected chi connectivity index (χ3v) is 4.94. The molecule has 23 heavy (non-hydrogen) atoms. The third-order valence-electron chi connectivity index (χ3n) is 4.25. The van der Waals surface area contributed by atoms with Crippen LogP contribution in [-0.4, -0.2) is 16.5 Å². The van der Waals surface area contributed by atoms with Crippen molar-refractivity contribution in [2.75, 3.05) is 0 Å². The Labute approximate surface area is 140 Å². The fourth-order valence-electron chi connectivity index (χ4n) is 3.18. The maximum absolute atomic E-state index is 12.2. The number of carbonyl (C=O) groups is 1. The molecule has 0 aliphatic heterocycles. The third kappa shape index (κ3) is 3.55. The van der Waals surface area contributed by atoms with Crippen molar-refractivity contribution in [3.05, 3.63) is 56.1 Å². The number of fused-ring (bicyclic) bond motifs is 1. The highest BCUT2D eigenvalue weighted by Crippen LogP contribution is 2.21. The molecule has 3 rings (SSSR count). The molecule has 0 saturated carbocycles. The van der Waals surface area contributed by atoms with Crippen molar-refractivity contribution in [1.82, 2.24) is 9.88 Å². The van der Waals surface area contributed by atoms with Gasteiger partial charge >= 0.3 is 0 Å². The van der Waals surface area contributed by atoms with Gasteiger partial charge in [-0.15, -0.1) is 0 Å². The summed E-state index contributed by atoms with van der Waals surface area (Å²) in [7, 11) is 0. The van der Waals surface area contributed by atoms with Gasteiger partial charge in [0.1, 0.15) is 0 Å². The molecule has 2 aromatic rings. The Morgan fingerprint density at radius 3 is 2.91 bits per heavy atom. The van der Waals surface area contributed by atoms with E-state index in [1.54, 1.807) is 6.07 Å². The van der Waals surface area contributed by atoms with E-state index in [4.69, 9.17) is 0 Å². The number of amides is 1. The molecule has 0 saturated heterocycles. The number of nitrogens with one attached hydrogen (secondary N) is 1. The molecular formula is C18H22N2O2S. The Balaban J connectivity index is 1.76. The number of rotatable bonds is 4. The zero-order valence-electron chi connectivity index (χ0n) is 13.5. The topological polar surface area (TPSA) is 51.1 Å². The maximum atomic E-state index is 12.2. The molecule has 1 atom stereocenters. The maximum Gasteiger partial charge on any atom is 0.252 e. The molecule has 0 unspecified atom stereocenters. The van der Waals surface area contributed by atoms with Gasteiger partial charge in [-0.05, 0) is 42.2 Å². The average Bonchev–Trinajstić information content (AvgIpc) is 3.04. The van der Waals surface area contributed by atoms with Crippen molar-refractivity contribution < 1.29 is 4.79 Å². The van der Waals surface area contributed by atoms with Crippen molar-refractivity contribution in [2.24, 2.45) is 5.92 Å². The second-order valence-electron chi connectivity index (χ2n) is 6.57. The number of aromatic nitrogens is 1. The number of thiophene rings is 1. The van der Waals surface area contributed by atoms with Crippen LogP contribution >= 0.6 is 11.3 Å².